The quantitative estimate of drug-likeness (QED) is 0.0222. The van der Waals surface area contributed by atoms with Crippen LogP contribution < -0.4 is 0 Å². The average Bonchev–Trinajstić information content (AvgIpc) is 3.42. The molecule has 0 rings (SSSR count). The second-order valence-electron chi connectivity index (χ2n) is 22.6. The van der Waals surface area contributed by atoms with E-state index in [4.69, 9.17) is 37.0 Å². The van der Waals surface area contributed by atoms with Gasteiger partial charge in [-0.3, -0.25) is 37.3 Å². The number of hydrogen-bond acceptors (Lipinski definition) is 15. The molecular weight excluding hydrogens is 1070 g/mol. The predicted molar refractivity (Wildman–Crippen MR) is 317 cm³/mol. The molecule has 0 aromatic rings. The second-order valence-corrected chi connectivity index (χ2v) is 25.5. The topological polar surface area (TPSA) is 237 Å². The summed E-state index contributed by atoms with van der Waals surface area (Å²) in [7, 11) is -9.87. The van der Waals surface area contributed by atoms with Crippen LogP contribution >= 0.6 is 15.6 Å². The Morgan fingerprint density at radius 3 is 0.850 bits per heavy atom. The Balaban J connectivity index is 5.20. The Morgan fingerprint density at radius 2 is 0.575 bits per heavy atom. The van der Waals surface area contributed by atoms with E-state index in [0.717, 1.165) is 103 Å². The summed E-state index contributed by atoms with van der Waals surface area (Å²) in [5, 5.41) is 10.5. The van der Waals surface area contributed by atoms with Crippen LogP contribution in [0.15, 0.2) is 0 Å². The summed E-state index contributed by atoms with van der Waals surface area (Å²) >= 11 is 0. The molecule has 0 radical (unpaired) electrons. The van der Waals surface area contributed by atoms with Crippen molar-refractivity contribution in [3.05, 3.63) is 0 Å². The van der Waals surface area contributed by atoms with Gasteiger partial charge in [-0.15, -0.1) is 0 Å². The van der Waals surface area contributed by atoms with Crippen LogP contribution in [0.2, 0.25) is 0 Å². The van der Waals surface area contributed by atoms with E-state index in [1.54, 1.807) is 0 Å². The van der Waals surface area contributed by atoms with Gasteiger partial charge in [0.25, 0.3) is 0 Å². The molecule has 0 aromatic heterocycles. The fourth-order valence-electron chi connectivity index (χ4n) is 9.05. The van der Waals surface area contributed by atoms with Crippen LogP contribution in [0.1, 0.15) is 304 Å². The molecule has 0 saturated heterocycles. The van der Waals surface area contributed by atoms with Crippen LogP contribution in [-0.2, 0) is 65.4 Å². The highest BCUT2D eigenvalue weighted by Gasteiger charge is 2.30. The maximum atomic E-state index is 12.9. The number of phosphoric ester groups is 2. The minimum absolute atomic E-state index is 0.102. The van der Waals surface area contributed by atoms with Crippen molar-refractivity contribution < 1.29 is 80.2 Å². The van der Waals surface area contributed by atoms with Crippen molar-refractivity contribution in [2.24, 2.45) is 5.92 Å². The largest absolute Gasteiger partial charge is 0.472 e. The van der Waals surface area contributed by atoms with Gasteiger partial charge in [-0.1, -0.05) is 253 Å². The van der Waals surface area contributed by atoms with Gasteiger partial charge in [-0.2, -0.15) is 0 Å². The molecule has 80 heavy (non-hydrogen) atoms. The molecule has 5 atom stereocenters. The molecule has 0 fully saturated rings. The second kappa shape index (κ2) is 55.0. The Kier molecular flexibility index (Phi) is 53.6. The van der Waals surface area contributed by atoms with E-state index in [2.05, 4.69) is 34.6 Å². The van der Waals surface area contributed by atoms with E-state index in [9.17, 15) is 43.2 Å². The standard InChI is InChI=1S/C61H118O17P2/c1-6-9-12-15-18-20-22-23-24-25-27-30-36-41-46-60(65)77-56(51-72-59(64)45-40-35-29-26-21-19-16-13-10-7-2)52-75-79(67,68)73-48-55(62)49-74-80(69,70)76-53-57(50-71-58(63)44-39-34-28-17-14-11-8-3)78-61(66)47-42-37-32-31-33-38-43-54(4)5/h54-57,62H,6-53H2,1-5H3,(H,67,68)(H,69,70)/t55-,56-,57-/m1/s1. The lowest BCUT2D eigenvalue weighted by atomic mass is 10.0. The number of carbonyl (C=O) groups is 4. The van der Waals surface area contributed by atoms with Crippen molar-refractivity contribution in [2.45, 2.75) is 323 Å². The molecule has 19 heteroatoms. The number of phosphoric acid groups is 2. The van der Waals surface area contributed by atoms with Crippen molar-refractivity contribution in [1.82, 2.24) is 0 Å². The van der Waals surface area contributed by atoms with Crippen LogP contribution in [0.25, 0.3) is 0 Å². The van der Waals surface area contributed by atoms with Gasteiger partial charge in [0, 0.05) is 25.7 Å². The first-order valence-electron chi connectivity index (χ1n) is 32.1. The van der Waals surface area contributed by atoms with E-state index in [1.807, 2.05) is 0 Å². The average molecular weight is 1190 g/mol. The van der Waals surface area contributed by atoms with Crippen LogP contribution in [0.4, 0.5) is 0 Å². The van der Waals surface area contributed by atoms with Gasteiger partial charge in [-0.05, 0) is 31.6 Å². The number of hydrogen-bond donors (Lipinski definition) is 3. The molecule has 3 N–H and O–H groups in total. The third-order valence-corrected chi connectivity index (χ3v) is 15.9. The minimum Gasteiger partial charge on any atom is -0.462 e. The normalized spacial score (nSPS) is 14.3. The third-order valence-electron chi connectivity index (χ3n) is 14.0. The van der Waals surface area contributed by atoms with E-state index < -0.39 is 97.5 Å². The molecule has 0 aliphatic rings. The molecule has 0 heterocycles. The van der Waals surface area contributed by atoms with E-state index in [0.29, 0.717) is 31.6 Å². The Morgan fingerprint density at radius 1 is 0.338 bits per heavy atom. The Labute approximate surface area is 486 Å². The zero-order valence-corrected chi connectivity index (χ0v) is 53.0. The van der Waals surface area contributed by atoms with Gasteiger partial charge < -0.3 is 33.8 Å². The molecule has 0 aliphatic heterocycles. The van der Waals surface area contributed by atoms with Crippen molar-refractivity contribution in [1.29, 1.82) is 0 Å². The number of aliphatic hydroxyl groups is 1. The third kappa shape index (κ3) is 55.3. The van der Waals surface area contributed by atoms with Gasteiger partial charge in [-0.25, -0.2) is 9.13 Å². The maximum Gasteiger partial charge on any atom is 0.472 e. The molecule has 0 bridgehead atoms. The molecule has 0 aliphatic carbocycles. The summed E-state index contributed by atoms with van der Waals surface area (Å²) in [5.41, 5.74) is 0. The zero-order valence-electron chi connectivity index (χ0n) is 51.2. The molecule has 474 valence electrons. The highest BCUT2D eigenvalue weighted by atomic mass is 31.2. The first kappa shape index (κ1) is 78.1. The lowest BCUT2D eigenvalue weighted by molar-refractivity contribution is -0.161. The first-order valence-corrected chi connectivity index (χ1v) is 35.1. The van der Waals surface area contributed by atoms with Crippen molar-refractivity contribution in [2.75, 3.05) is 39.6 Å². The summed E-state index contributed by atoms with van der Waals surface area (Å²) < 4.78 is 67.7. The predicted octanol–water partition coefficient (Wildman–Crippen LogP) is 16.6. The van der Waals surface area contributed by atoms with Crippen molar-refractivity contribution >= 4 is 39.5 Å². The van der Waals surface area contributed by atoms with E-state index >= 15 is 0 Å². The summed E-state index contributed by atoms with van der Waals surface area (Å²) in [6.07, 6.45) is 37.8. The molecule has 17 nitrogen and oxygen atoms in total. The summed E-state index contributed by atoms with van der Waals surface area (Å²) in [6.45, 7) is 7.03. The number of rotatable bonds is 61. The van der Waals surface area contributed by atoms with Crippen molar-refractivity contribution in [3.8, 4) is 0 Å². The molecule has 0 spiro atoms. The molecular formula is C61H118O17P2. The van der Waals surface area contributed by atoms with Crippen LogP contribution in [0, 0.1) is 5.92 Å². The summed E-state index contributed by atoms with van der Waals surface area (Å²) in [6, 6.07) is 0. The highest BCUT2D eigenvalue weighted by molar-refractivity contribution is 7.47. The number of ether oxygens (including phenoxy) is 4. The van der Waals surface area contributed by atoms with Gasteiger partial charge in [0.2, 0.25) is 0 Å². The van der Waals surface area contributed by atoms with Crippen molar-refractivity contribution in [3.63, 3.8) is 0 Å². The number of carbonyl (C=O) groups excluding carboxylic acids is 4. The van der Waals surface area contributed by atoms with Gasteiger partial charge in [0.15, 0.2) is 12.2 Å². The lowest BCUT2D eigenvalue weighted by Crippen LogP contribution is -2.30. The zero-order chi connectivity index (χ0) is 59.2. The number of aliphatic hydroxyl groups excluding tert-OH is 1. The minimum atomic E-state index is -4.94. The Bertz CT molecular complexity index is 1570. The van der Waals surface area contributed by atoms with Gasteiger partial charge in [0.1, 0.15) is 19.3 Å². The Hall–Kier alpha value is -1.94. The SMILES string of the molecule is CCCCCCCCCCCCCCCCC(=O)O[C@H](COC(=O)CCCCCCCCCCCC)COP(=O)(O)OC[C@@H](O)COP(=O)(O)OC[C@@H](COC(=O)CCCCCCCCC)OC(=O)CCCCCCCCC(C)C. The molecule has 2 unspecified atom stereocenters. The van der Waals surface area contributed by atoms with Gasteiger partial charge in [0.05, 0.1) is 26.4 Å². The fraction of sp³-hybridized carbons (Fsp3) is 0.934. The number of esters is 4. The summed E-state index contributed by atoms with van der Waals surface area (Å²) in [5.74, 6) is -1.47. The number of unbranched alkanes of at least 4 members (excludes halogenated alkanes) is 33. The van der Waals surface area contributed by atoms with Crippen LogP contribution in [-0.4, -0.2) is 96.7 Å². The fourth-order valence-corrected chi connectivity index (χ4v) is 10.6. The highest BCUT2D eigenvalue weighted by Crippen LogP contribution is 2.45. The maximum absolute atomic E-state index is 12.9. The van der Waals surface area contributed by atoms with Gasteiger partial charge >= 0.3 is 39.5 Å². The molecule has 0 aromatic carbocycles. The van der Waals surface area contributed by atoms with E-state index in [1.165, 1.54) is 116 Å². The first-order chi connectivity index (χ1) is 38.5. The summed E-state index contributed by atoms with van der Waals surface area (Å²) in [4.78, 5) is 71.9. The smallest absolute Gasteiger partial charge is 0.462 e. The molecule has 0 saturated carbocycles. The molecule has 0 amide bonds. The monoisotopic (exact) mass is 1180 g/mol. The van der Waals surface area contributed by atoms with Crippen LogP contribution in [0.3, 0.4) is 0 Å². The van der Waals surface area contributed by atoms with Crippen LogP contribution in [0.5, 0.6) is 0 Å². The lowest BCUT2D eigenvalue weighted by Gasteiger charge is -2.21. The van der Waals surface area contributed by atoms with E-state index in [-0.39, 0.29) is 25.7 Å².